The van der Waals surface area contributed by atoms with Gasteiger partial charge in [-0.25, -0.2) is 0 Å². The van der Waals surface area contributed by atoms with Gasteiger partial charge in [-0.1, -0.05) is 12.1 Å². The van der Waals surface area contributed by atoms with Gasteiger partial charge in [0.25, 0.3) is 0 Å². The van der Waals surface area contributed by atoms with Gasteiger partial charge >= 0.3 is 11.9 Å². The SMILES string of the molecule is CNCC(OC(C)=O)c1ccc(OC(C)=O)cc1.Cl. The zero-order chi connectivity index (χ0) is 13.5. The van der Waals surface area contributed by atoms with E-state index in [2.05, 4.69) is 5.32 Å². The number of carbonyl (C=O) groups is 2. The van der Waals surface area contributed by atoms with E-state index in [1.54, 1.807) is 31.3 Å². The van der Waals surface area contributed by atoms with E-state index in [9.17, 15) is 9.59 Å². The molecule has 0 aliphatic carbocycles. The molecule has 1 aromatic rings. The molecule has 1 rings (SSSR count). The molecule has 0 spiro atoms. The molecule has 0 aliphatic rings. The maximum absolute atomic E-state index is 11.0. The predicted octanol–water partition coefficient (Wildman–Crippen LogP) is 1.86. The van der Waals surface area contributed by atoms with Crippen molar-refractivity contribution in [2.45, 2.75) is 20.0 Å². The van der Waals surface area contributed by atoms with E-state index >= 15 is 0 Å². The van der Waals surface area contributed by atoms with Crippen molar-refractivity contribution in [3.8, 4) is 5.75 Å². The molecular weight excluding hydrogens is 270 g/mol. The van der Waals surface area contributed by atoms with Crippen LogP contribution < -0.4 is 10.1 Å². The lowest BCUT2D eigenvalue weighted by molar-refractivity contribution is -0.146. The van der Waals surface area contributed by atoms with E-state index in [1.807, 2.05) is 0 Å². The van der Waals surface area contributed by atoms with Crippen LogP contribution in [-0.4, -0.2) is 25.5 Å². The van der Waals surface area contributed by atoms with Crippen LogP contribution in [0.4, 0.5) is 0 Å². The highest BCUT2D eigenvalue weighted by Gasteiger charge is 2.13. The van der Waals surface area contributed by atoms with E-state index in [0.29, 0.717) is 12.3 Å². The molecule has 1 N–H and O–H groups in total. The maximum Gasteiger partial charge on any atom is 0.308 e. The molecule has 0 saturated heterocycles. The summed E-state index contributed by atoms with van der Waals surface area (Å²) in [7, 11) is 1.78. The first-order chi connectivity index (χ1) is 8.52. The zero-order valence-corrected chi connectivity index (χ0v) is 12.0. The van der Waals surface area contributed by atoms with Crippen molar-refractivity contribution in [1.29, 1.82) is 0 Å². The minimum atomic E-state index is -0.366. The van der Waals surface area contributed by atoms with E-state index in [-0.39, 0.29) is 30.4 Å². The lowest BCUT2D eigenvalue weighted by Gasteiger charge is -2.17. The van der Waals surface area contributed by atoms with Gasteiger partial charge in [0.1, 0.15) is 11.9 Å². The third kappa shape index (κ3) is 6.22. The minimum Gasteiger partial charge on any atom is -0.456 e. The fourth-order valence-electron chi connectivity index (χ4n) is 1.53. The number of benzene rings is 1. The Labute approximate surface area is 118 Å². The van der Waals surface area contributed by atoms with Crippen LogP contribution >= 0.6 is 12.4 Å². The Balaban J connectivity index is 0.00000324. The smallest absolute Gasteiger partial charge is 0.308 e. The zero-order valence-electron chi connectivity index (χ0n) is 11.1. The van der Waals surface area contributed by atoms with Crippen LogP contribution in [0.15, 0.2) is 24.3 Å². The first kappa shape index (κ1) is 17.4. The standard InChI is InChI=1S/C13H17NO4.ClH/c1-9(15)17-12-6-4-11(5-7-12)13(8-14-3)18-10(2)16;/h4-7,13-14H,8H2,1-3H3;1H. The Hall–Kier alpha value is -1.59. The van der Waals surface area contributed by atoms with E-state index < -0.39 is 0 Å². The summed E-state index contributed by atoms with van der Waals surface area (Å²) in [5, 5.41) is 2.96. The summed E-state index contributed by atoms with van der Waals surface area (Å²) < 4.78 is 10.1. The van der Waals surface area contributed by atoms with E-state index in [4.69, 9.17) is 9.47 Å². The molecule has 5 nitrogen and oxygen atoms in total. The lowest BCUT2D eigenvalue weighted by atomic mass is 10.1. The van der Waals surface area contributed by atoms with Crippen molar-refractivity contribution in [2.24, 2.45) is 0 Å². The number of hydrogen-bond donors (Lipinski definition) is 1. The molecular formula is C13H18ClNO4. The van der Waals surface area contributed by atoms with Gasteiger partial charge in [-0.15, -0.1) is 12.4 Å². The Morgan fingerprint density at radius 3 is 2.16 bits per heavy atom. The summed E-state index contributed by atoms with van der Waals surface area (Å²) in [4.78, 5) is 21.8. The molecule has 19 heavy (non-hydrogen) atoms. The highest BCUT2D eigenvalue weighted by atomic mass is 35.5. The van der Waals surface area contributed by atoms with Crippen molar-refractivity contribution >= 4 is 24.3 Å². The second kappa shape index (κ2) is 8.50. The summed E-state index contributed by atoms with van der Waals surface area (Å²) >= 11 is 0. The molecule has 0 aliphatic heterocycles. The fourth-order valence-corrected chi connectivity index (χ4v) is 1.53. The van der Waals surface area contributed by atoms with Gasteiger partial charge in [-0.2, -0.15) is 0 Å². The first-order valence-electron chi connectivity index (χ1n) is 5.63. The average molecular weight is 288 g/mol. The molecule has 1 aromatic carbocycles. The molecule has 1 unspecified atom stereocenters. The molecule has 0 aromatic heterocycles. The van der Waals surface area contributed by atoms with Gasteiger partial charge in [0.15, 0.2) is 0 Å². The summed E-state index contributed by atoms with van der Waals surface area (Å²) in [5.74, 6) is -0.230. The number of halogens is 1. The topological polar surface area (TPSA) is 64.6 Å². The van der Waals surface area contributed by atoms with Crippen molar-refractivity contribution < 1.29 is 19.1 Å². The number of hydrogen-bond acceptors (Lipinski definition) is 5. The van der Waals surface area contributed by atoms with Crippen molar-refractivity contribution in [3.05, 3.63) is 29.8 Å². The number of carbonyl (C=O) groups excluding carboxylic acids is 2. The molecule has 0 saturated carbocycles. The van der Waals surface area contributed by atoms with Crippen molar-refractivity contribution in [1.82, 2.24) is 5.32 Å². The third-order valence-corrected chi connectivity index (χ3v) is 2.21. The Morgan fingerprint density at radius 2 is 1.74 bits per heavy atom. The largest absolute Gasteiger partial charge is 0.456 e. The summed E-state index contributed by atoms with van der Waals surface area (Å²) in [6, 6.07) is 6.87. The van der Waals surface area contributed by atoms with Crippen molar-refractivity contribution in [2.75, 3.05) is 13.6 Å². The maximum atomic E-state index is 11.0. The summed E-state index contributed by atoms with van der Waals surface area (Å²) in [6.07, 6.45) is -0.348. The molecule has 0 bridgehead atoms. The van der Waals surface area contributed by atoms with Gasteiger partial charge in [-0.05, 0) is 24.7 Å². The van der Waals surface area contributed by atoms with Crippen LogP contribution in [0.1, 0.15) is 25.5 Å². The van der Waals surface area contributed by atoms with Crippen LogP contribution in [0, 0.1) is 0 Å². The monoisotopic (exact) mass is 287 g/mol. The number of nitrogens with one attached hydrogen (secondary N) is 1. The molecule has 1 atom stereocenters. The van der Waals surface area contributed by atoms with Gasteiger partial charge in [0.2, 0.25) is 0 Å². The van der Waals surface area contributed by atoms with Crippen LogP contribution in [0.3, 0.4) is 0 Å². The molecule has 106 valence electrons. The number of ether oxygens (including phenoxy) is 2. The van der Waals surface area contributed by atoms with Gasteiger partial charge in [-0.3, -0.25) is 9.59 Å². The quantitative estimate of drug-likeness (QED) is 0.661. The van der Waals surface area contributed by atoms with Gasteiger partial charge < -0.3 is 14.8 Å². The van der Waals surface area contributed by atoms with E-state index in [1.165, 1.54) is 13.8 Å². The van der Waals surface area contributed by atoms with Gasteiger partial charge in [0.05, 0.1) is 0 Å². The van der Waals surface area contributed by atoms with Gasteiger partial charge in [0, 0.05) is 20.4 Å². The second-order valence-electron chi connectivity index (χ2n) is 3.82. The summed E-state index contributed by atoms with van der Waals surface area (Å²) in [5.41, 5.74) is 0.843. The van der Waals surface area contributed by atoms with Crippen LogP contribution in [0.25, 0.3) is 0 Å². The highest BCUT2D eigenvalue weighted by Crippen LogP contribution is 2.20. The number of likely N-dealkylation sites (N-methyl/N-ethyl adjacent to an activating group) is 1. The fraction of sp³-hybridized carbons (Fsp3) is 0.385. The normalized spacial score (nSPS) is 11.1. The van der Waals surface area contributed by atoms with Crippen LogP contribution in [0.2, 0.25) is 0 Å². The Bertz CT molecular complexity index is 419. The second-order valence-corrected chi connectivity index (χ2v) is 3.82. The molecule has 0 heterocycles. The van der Waals surface area contributed by atoms with Crippen LogP contribution in [-0.2, 0) is 14.3 Å². The highest BCUT2D eigenvalue weighted by molar-refractivity contribution is 5.85. The average Bonchev–Trinajstić information content (AvgIpc) is 2.28. The number of esters is 2. The minimum absolute atomic E-state index is 0. The number of rotatable bonds is 5. The summed E-state index contributed by atoms with van der Waals surface area (Å²) in [6.45, 7) is 3.24. The van der Waals surface area contributed by atoms with Crippen molar-refractivity contribution in [3.63, 3.8) is 0 Å². The Kier molecular flexibility index (Phi) is 7.79. The molecule has 0 fully saturated rings. The third-order valence-electron chi connectivity index (χ3n) is 2.21. The van der Waals surface area contributed by atoms with E-state index in [0.717, 1.165) is 5.56 Å². The lowest BCUT2D eigenvalue weighted by Crippen LogP contribution is -2.21. The molecule has 0 amide bonds. The molecule has 6 heteroatoms. The van der Waals surface area contributed by atoms with Crippen LogP contribution in [0.5, 0.6) is 5.75 Å². The first-order valence-corrected chi connectivity index (χ1v) is 5.63. The predicted molar refractivity (Wildman–Crippen MR) is 73.4 cm³/mol. The molecule has 0 radical (unpaired) electrons. The Morgan fingerprint density at radius 1 is 1.16 bits per heavy atom.